The SMILES string of the molecule is O=S(=O)(c1ccc2c(c1)OCO2)N1CCOC(Cc2ccccc2)C1. The molecule has 0 aromatic heterocycles. The number of hydrogen-bond acceptors (Lipinski definition) is 5. The van der Waals surface area contributed by atoms with Crippen LogP contribution in [0.4, 0.5) is 0 Å². The summed E-state index contributed by atoms with van der Waals surface area (Å²) in [6.45, 7) is 1.20. The molecule has 1 fully saturated rings. The fraction of sp³-hybridized carbons (Fsp3) is 0.333. The van der Waals surface area contributed by atoms with Gasteiger partial charge in [0.2, 0.25) is 16.8 Å². The Labute approximate surface area is 147 Å². The Balaban J connectivity index is 1.52. The summed E-state index contributed by atoms with van der Waals surface area (Å²) in [5, 5.41) is 0. The molecule has 132 valence electrons. The zero-order chi connectivity index (χ0) is 17.3. The van der Waals surface area contributed by atoms with Gasteiger partial charge in [0.05, 0.1) is 17.6 Å². The lowest BCUT2D eigenvalue weighted by Crippen LogP contribution is -2.46. The van der Waals surface area contributed by atoms with E-state index in [1.54, 1.807) is 12.1 Å². The van der Waals surface area contributed by atoms with Gasteiger partial charge < -0.3 is 14.2 Å². The zero-order valence-corrected chi connectivity index (χ0v) is 14.4. The predicted molar refractivity (Wildman–Crippen MR) is 91.2 cm³/mol. The lowest BCUT2D eigenvalue weighted by molar-refractivity contribution is -0.000496. The maximum Gasteiger partial charge on any atom is 0.243 e. The van der Waals surface area contributed by atoms with Crippen molar-refractivity contribution >= 4 is 10.0 Å². The Morgan fingerprint density at radius 1 is 1.04 bits per heavy atom. The Morgan fingerprint density at radius 3 is 2.68 bits per heavy atom. The number of ether oxygens (including phenoxy) is 3. The summed E-state index contributed by atoms with van der Waals surface area (Å²) in [6.07, 6.45) is 0.536. The molecule has 0 bridgehead atoms. The van der Waals surface area contributed by atoms with Crippen molar-refractivity contribution in [3.63, 3.8) is 0 Å². The molecule has 2 heterocycles. The normalized spacial score (nSPS) is 20.6. The summed E-state index contributed by atoms with van der Waals surface area (Å²) in [6, 6.07) is 14.7. The van der Waals surface area contributed by atoms with Gasteiger partial charge in [-0.3, -0.25) is 0 Å². The lowest BCUT2D eigenvalue weighted by Gasteiger charge is -2.32. The highest BCUT2D eigenvalue weighted by Crippen LogP contribution is 2.34. The van der Waals surface area contributed by atoms with E-state index in [4.69, 9.17) is 14.2 Å². The van der Waals surface area contributed by atoms with E-state index in [0.29, 0.717) is 37.6 Å². The third-order valence-corrected chi connectivity index (χ3v) is 6.25. The maximum absolute atomic E-state index is 13.0. The summed E-state index contributed by atoms with van der Waals surface area (Å²) in [4.78, 5) is 0.220. The van der Waals surface area contributed by atoms with Gasteiger partial charge in [-0.15, -0.1) is 0 Å². The number of nitrogens with zero attached hydrogens (tertiary/aromatic N) is 1. The molecule has 0 aliphatic carbocycles. The molecule has 2 aliphatic rings. The van der Waals surface area contributed by atoms with Crippen LogP contribution in [0.5, 0.6) is 11.5 Å². The summed E-state index contributed by atoms with van der Waals surface area (Å²) in [5.74, 6) is 1.04. The largest absolute Gasteiger partial charge is 0.454 e. The Kier molecular flexibility index (Phi) is 4.37. The monoisotopic (exact) mass is 361 g/mol. The highest BCUT2D eigenvalue weighted by Gasteiger charge is 2.32. The van der Waals surface area contributed by atoms with Crippen molar-refractivity contribution in [1.82, 2.24) is 4.31 Å². The van der Waals surface area contributed by atoms with Gasteiger partial charge in [-0.2, -0.15) is 4.31 Å². The molecule has 2 aromatic carbocycles. The van der Waals surface area contributed by atoms with Crippen molar-refractivity contribution in [3.05, 3.63) is 54.1 Å². The van der Waals surface area contributed by atoms with Crippen LogP contribution in [0.1, 0.15) is 5.56 Å². The highest BCUT2D eigenvalue weighted by molar-refractivity contribution is 7.89. The molecular weight excluding hydrogens is 342 g/mol. The molecule has 1 atom stereocenters. The van der Waals surface area contributed by atoms with Gasteiger partial charge in [-0.05, 0) is 24.1 Å². The minimum atomic E-state index is -3.59. The molecule has 0 N–H and O–H groups in total. The molecule has 6 nitrogen and oxygen atoms in total. The van der Waals surface area contributed by atoms with Gasteiger partial charge in [0, 0.05) is 19.2 Å². The van der Waals surface area contributed by atoms with E-state index in [1.807, 2.05) is 30.3 Å². The second-order valence-corrected chi connectivity index (χ2v) is 8.00. The molecule has 0 amide bonds. The van der Waals surface area contributed by atoms with E-state index in [2.05, 4.69) is 0 Å². The van der Waals surface area contributed by atoms with Crippen LogP contribution in [0.3, 0.4) is 0 Å². The quantitative estimate of drug-likeness (QED) is 0.834. The third kappa shape index (κ3) is 3.35. The second-order valence-electron chi connectivity index (χ2n) is 6.06. The first-order valence-electron chi connectivity index (χ1n) is 8.18. The molecule has 1 unspecified atom stereocenters. The summed E-state index contributed by atoms with van der Waals surface area (Å²) >= 11 is 0. The average molecular weight is 361 g/mol. The molecule has 2 aliphatic heterocycles. The number of sulfonamides is 1. The van der Waals surface area contributed by atoms with Crippen molar-refractivity contribution in [2.24, 2.45) is 0 Å². The van der Waals surface area contributed by atoms with E-state index < -0.39 is 10.0 Å². The van der Waals surface area contributed by atoms with Crippen molar-refractivity contribution in [1.29, 1.82) is 0 Å². The topological polar surface area (TPSA) is 65.1 Å². The first kappa shape index (κ1) is 16.4. The van der Waals surface area contributed by atoms with E-state index in [-0.39, 0.29) is 17.8 Å². The maximum atomic E-state index is 13.0. The average Bonchev–Trinajstić information content (AvgIpc) is 3.10. The Bertz CT molecular complexity index is 853. The first-order valence-corrected chi connectivity index (χ1v) is 9.62. The van der Waals surface area contributed by atoms with Crippen molar-refractivity contribution < 1.29 is 22.6 Å². The van der Waals surface area contributed by atoms with Crippen molar-refractivity contribution in [2.75, 3.05) is 26.5 Å². The molecule has 4 rings (SSSR count). The van der Waals surface area contributed by atoms with E-state index in [9.17, 15) is 8.42 Å². The number of rotatable bonds is 4. The number of hydrogen-bond donors (Lipinski definition) is 0. The van der Waals surface area contributed by atoms with Crippen LogP contribution >= 0.6 is 0 Å². The predicted octanol–water partition coefficient (Wildman–Crippen LogP) is 2.05. The molecular formula is C18H19NO5S. The molecule has 0 saturated carbocycles. The van der Waals surface area contributed by atoms with Gasteiger partial charge in [-0.1, -0.05) is 30.3 Å². The van der Waals surface area contributed by atoms with Crippen LogP contribution in [0.2, 0.25) is 0 Å². The first-order chi connectivity index (χ1) is 12.1. The van der Waals surface area contributed by atoms with Crippen LogP contribution < -0.4 is 9.47 Å². The number of fused-ring (bicyclic) bond motifs is 1. The van der Waals surface area contributed by atoms with Crippen LogP contribution in [0, 0.1) is 0 Å². The molecule has 1 saturated heterocycles. The molecule has 25 heavy (non-hydrogen) atoms. The van der Waals surface area contributed by atoms with Gasteiger partial charge in [0.15, 0.2) is 11.5 Å². The number of benzene rings is 2. The molecule has 7 heteroatoms. The summed E-state index contributed by atoms with van der Waals surface area (Å²) in [7, 11) is -3.59. The standard InChI is InChI=1S/C18H19NO5S/c20-25(21,16-6-7-17-18(11-16)24-13-23-17)19-8-9-22-15(12-19)10-14-4-2-1-3-5-14/h1-7,11,15H,8-10,12-13H2. The molecule has 0 spiro atoms. The lowest BCUT2D eigenvalue weighted by atomic mass is 10.1. The smallest absolute Gasteiger partial charge is 0.243 e. The number of morpholine rings is 1. The fourth-order valence-corrected chi connectivity index (χ4v) is 4.57. The summed E-state index contributed by atoms with van der Waals surface area (Å²) < 4.78 is 43.7. The zero-order valence-electron chi connectivity index (χ0n) is 13.6. The molecule has 0 radical (unpaired) electrons. The van der Waals surface area contributed by atoms with Gasteiger partial charge in [0.1, 0.15) is 0 Å². The fourth-order valence-electron chi connectivity index (χ4n) is 3.10. The van der Waals surface area contributed by atoms with Gasteiger partial charge >= 0.3 is 0 Å². The Hall–Kier alpha value is -2.09. The van der Waals surface area contributed by atoms with Gasteiger partial charge in [0.25, 0.3) is 0 Å². The minimum absolute atomic E-state index is 0.121. The van der Waals surface area contributed by atoms with E-state index >= 15 is 0 Å². The van der Waals surface area contributed by atoms with E-state index in [1.165, 1.54) is 10.4 Å². The Morgan fingerprint density at radius 2 is 1.84 bits per heavy atom. The minimum Gasteiger partial charge on any atom is -0.454 e. The molecule has 2 aromatic rings. The second kappa shape index (κ2) is 6.67. The van der Waals surface area contributed by atoms with Crippen LogP contribution in [-0.2, 0) is 21.2 Å². The van der Waals surface area contributed by atoms with Gasteiger partial charge in [-0.25, -0.2) is 8.42 Å². The highest BCUT2D eigenvalue weighted by atomic mass is 32.2. The van der Waals surface area contributed by atoms with E-state index in [0.717, 1.165) is 5.56 Å². The van der Waals surface area contributed by atoms with Crippen molar-refractivity contribution in [2.45, 2.75) is 17.4 Å². The van der Waals surface area contributed by atoms with Crippen LogP contribution in [0.15, 0.2) is 53.4 Å². The summed E-state index contributed by atoms with van der Waals surface area (Å²) in [5.41, 5.74) is 1.13. The van der Waals surface area contributed by atoms with Crippen LogP contribution in [0.25, 0.3) is 0 Å². The van der Waals surface area contributed by atoms with Crippen molar-refractivity contribution in [3.8, 4) is 11.5 Å². The van der Waals surface area contributed by atoms with Crippen LogP contribution in [-0.4, -0.2) is 45.3 Å². The third-order valence-electron chi connectivity index (χ3n) is 4.39.